The maximum absolute atomic E-state index is 12.5. The summed E-state index contributed by atoms with van der Waals surface area (Å²) in [7, 11) is 1.68. The van der Waals surface area contributed by atoms with Gasteiger partial charge in [0.15, 0.2) is 0 Å². The van der Waals surface area contributed by atoms with E-state index in [0.717, 1.165) is 35.5 Å². The molecule has 27 heavy (non-hydrogen) atoms. The Morgan fingerprint density at radius 3 is 2.59 bits per heavy atom. The van der Waals surface area contributed by atoms with Crippen LogP contribution in [0, 0.1) is 0 Å². The summed E-state index contributed by atoms with van der Waals surface area (Å²) in [6.45, 7) is 2.92. The first kappa shape index (κ1) is 18.7. The first-order valence-corrected chi connectivity index (χ1v) is 9.04. The highest BCUT2D eigenvalue weighted by atomic mass is 16.5. The van der Waals surface area contributed by atoms with Crippen LogP contribution in [0.3, 0.4) is 0 Å². The van der Waals surface area contributed by atoms with Gasteiger partial charge in [0.1, 0.15) is 5.75 Å². The van der Waals surface area contributed by atoms with Crippen molar-refractivity contribution in [3.05, 3.63) is 65.7 Å². The van der Waals surface area contributed by atoms with Crippen LogP contribution in [0.15, 0.2) is 54.6 Å². The molecule has 5 nitrogen and oxygen atoms in total. The largest absolute Gasteiger partial charge is 0.496 e. The minimum atomic E-state index is -0.105. The Balaban J connectivity index is 1.60. The molecule has 1 aliphatic heterocycles. The topological polar surface area (TPSA) is 58.6 Å². The zero-order chi connectivity index (χ0) is 19.2. The van der Waals surface area contributed by atoms with Gasteiger partial charge in [0.25, 0.3) is 0 Å². The highest BCUT2D eigenvalue weighted by Gasteiger charge is 2.27. The van der Waals surface area contributed by atoms with Crippen LogP contribution in [0.4, 0.5) is 5.69 Å². The van der Waals surface area contributed by atoms with Crippen molar-refractivity contribution in [2.45, 2.75) is 19.3 Å². The number of hydrogen-bond acceptors (Lipinski definition) is 3. The Kier molecular flexibility index (Phi) is 5.91. The van der Waals surface area contributed by atoms with Crippen molar-refractivity contribution in [1.29, 1.82) is 0 Å². The fraction of sp³-hybridized carbons (Fsp3) is 0.273. The summed E-state index contributed by atoms with van der Waals surface area (Å²) >= 11 is 0. The fourth-order valence-corrected chi connectivity index (χ4v) is 3.37. The second-order valence-corrected chi connectivity index (χ2v) is 6.65. The molecule has 0 radical (unpaired) electrons. The summed E-state index contributed by atoms with van der Waals surface area (Å²) in [4.78, 5) is 25.4. The Morgan fingerprint density at radius 1 is 1.15 bits per heavy atom. The number of para-hydroxylation sites is 1. The zero-order valence-electron chi connectivity index (χ0n) is 15.6. The number of ether oxygens (including phenoxy) is 1. The Morgan fingerprint density at radius 2 is 1.89 bits per heavy atom. The minimum Gasteiger partial charge on any atom is -0.496 e. The molecular weight excluding hydrogens is 340 g/mol. The Labute approximate surface area is 159 Å². The number of anilines is 1. The SMILES string of the molecule is COc1ccccc1[C@@H]1CCN(C(=O)/C=C/c2ccc(NC(C)=O)cc2)C1. The molecule has 1 atom stereocenters. The van der Waals surface area contributed by atoms with Gasteiger partial charge in [-0.3, -0.25) is 9.59 Å². The number of nitrogens with zero attached hydrogens (tertiary/aromatic N) is 1. The van der Waals surface area contributed by atoms with Crippen LogP contribution in [-0.2, 0) is 9.59 Å². The number of benzene rings is 2. The van der Waals surface area contributed by atoms with E-state index in [2.05, 4.69) is 11.4 Å². The number of carbonyl (C=O) groups excluding carboxylic acids is 2. The minimum absolute atomic E-state index is 0.0123. The number of hydrogen-bond donors (Lipinski definition) is 1. The van der Waals surface area contributed by atoms with Crippen molar-refractivity contribution >= 4 is 23.6 Å². The molecule has 1 aliphatic rings. The lowest BCUT2D eigenvalue weighted by Gasteiger charge is -2.16. The van der Waals surface area contributed by atoms with E-state index >= 15 is 0 Å². The summed E-state index contributed by atoms with van der Waals surface area (Å²) in [5.74, 6) is 1.09. The van der Waals surface area contributed by atoms with Crippen LogP contribution in [0.25, 0.3) is 6.08 Å². The van der Waals surface area contributed by atoms with Crippen molar-refractivity contribution in [3.63, 3.8) is 0 Å². The molecular formula is C22H24N2O3. The molecule has 0 saturated carbocycles. The molecule has 2 aromatic rings. The van der Waals surface area contributed by atoms with Crippen molar-refractivity contribution in [2.75, 3.05) is 25.5 Å². The maximum Gasteiger partial charge on any atom is 0.246 e. The molecule has 5 heteroatoms. The summed E-state index contributed by atoms with van der Waals surface area (Å²) in [5.41, 5.74) is 2.82. The number of rotatable bonds is 5. The zero-order valence-corrected chi connectivity index (χ0v) is 15.6. The van der Waals surface area contributed by atoms with Crippen LogP contribution in [0.1, 0.15) is 30.4 Å². The van der Waals surface area contributed by atoms with Crippen LogP contribution in [0.2, 0.25) is 0 Å². The van der Waals surface area contributed by atoms with Gasteiger partial charge >= 0.3 is 0 Å². The molecule has 1 saturated heterocycles. The monoisotopic (exact) mass is 364 g/mol. The third kappa shape index (κ3) is 4.76. The van der Waals surface area contributed by atoms with E-state index in [9.17, 15) is 9.59 Å². The average molecular weight is 364 g/mol. The van der Waals surface area contributed by atoms with Gasteiger partial charge in [-0.25, -0.2) is 0 Å². The average Bonchev–Trinajstić information content (AvgIpc) is 3.17. The number of amides is 2. The van der Waals surface area contributed by atoms with E-state index in [-0.39, 0.29) is 11.8 Å². The summed E-state index contributed by atoms with van der Waals surface area (Å²) in [6.07, 6.45) is 4.35. The molecule has 0 unspecified atom stereocenters. The third-order valence-corrected chi connectivity index (χ3v) is 4.73. The molecule has 1 heterocycles. The molecule has 140 valence electrons. The quantitative estimate of drug-likeness (QED) is 0.824. The molecule has 0 aromatic heterocycles. The molecule has 1 fully saturated rings. The van der Waals surface area contributed by atoms with Crippen molar-refractivity contribution in [3.8, 4) is 5.75 Å². The van der Waals surface area contributed by atoms with E-state index in [0.29, 0.717) is 12.5 Å². The lowest BCUT2D eigenvalue weighted by molar-refractivity contribution is -0.125. The van der Waals surface area contributed by atoms with E-state index in [1.54, 1.807) is 19.3 Å². The molecule has 0 aliphatic carbocycles. The van der Waals surface area contributed by atoms with Gasteiger partial charge in [-0.05, 0) is 41.8 Å². The van der Waals surface area contributed by atoms with Gasteiger partial charge < -0.3 is 15.0 Å². The van der Waals surface area contributed by atoms with Crippen molar-refractivity contribution < 1.29 is 14.3 Å². The summed E-state index contributed by atoms with van der Waals surface area (Å²) < 4.78 is 5.45. The highest BCUT2D eigenvalue weighted by molar-refractivity contribution is 5.92. The van der Waals surface area contributed by atoms with E-state index in [1.807, 2.05) is 47.4 Å². The maximum atomic E-state index is 12.5. The number of carbonyl (C=O) groups is 2. The second kappa shape index (κ2) is 8.54. The molecule has 3 rings (SSSR count). The smallest absolute Gasteiger partial charge is 0.246 e. The van der Waals surface area contributed by atoms with Crippen LogP contribution >= 0.6 is 0 Å². The van der Waals surface area contributed by atoms with Gasteiger partial charge in [-0.1, -0.05) is 30.3 Å². The van der Waals surface area contributed by atoms with Gasteiger partial charge in [0, 0.05) is 37.7 Å². The van der Waals surface area contributed by atoms with Crippen LogP contribution in [-0.4, -0.2) is 36.9 Å². The van der Waals surface area contributed by atoms with E-state index in [1.165, 1.54) is 6.92 Å². The standard InChI is InChI=1S/C22H24N2O3/c1-16(25)23-19-10-7-17(8-11-19)9-12-22(26)24-14-13-18(15-24)20-5-3-4-6-21(20)27-2/h3-12,18H,13-15H2,1-2H3,(H,23,25)/b12-9+/t18-/m1/s1. The van der Waals surface area contributed by atoms with Gasteiger partial charge in [0.2, 0.25) is 11.8 Å². The molecule has 0 bridgehead atoms. The predicted molar refractivity (Wildman–Crippen MR) is 107 cm³/mol. The van der Waals surface area contributed by atoms with Gasteiger partial charge in [0.05, 0.1) is 7.11 Å². The summed E-state index contributed by atoms with van der Waals surface area (Å²) in [6, 6.07) is 15.4. The third-order valence-electron chi connectivity index (χ3n) is 4.73. The first-order chi connectivity index (χ1) is 13.1. The lowest BCUT2D eigenvalue weighted by Crippen LogP contribution is -2.26. The number of nitrogens with one attached hydrogen (secondary N) is 1. The Bertz CT molecular complexity index is 843. The van der Waals surface area contributed by atoms with Crippen LogP contribution < -0.4 is 10.1 Å². The molecule has 2 aromatic carbocycles. The molecule has 2 amide bonds. The summed E-state index contributed by atoms with van der Waals surface area (Å²) in [5, 5.41) is 2.72. The lowest BCUT2D eigenvalue weighted by atomic mass is 9.97. The first-order valence-electron chi connectivity index (χ1n) is 9.04. The normalized spacial score (nSPS) is 16.5. The second-order valence-electron chi connectivity index (χ2n) is 6.65. The molecule has 0 spiro atoms. The highest BCUT2D eigenvalue weighted by Crippen LogP contribution is 2.33. The van der Waals surface area contributed by atoms with Crippen LogP contribution in [0.5, 0.6) is 5.75 Å². The molecule has 1 N–H and O–H groups in total. The van der Waals surface area contributed by atoms with Gasteiger partial charge in [-0.15, -0.1) is 0 Å². The van der Waals surface area contributed by atoms with E-state index in [4.69, 9.17) is 4.74 Å². The van der Waals surface area contributed by atoms with Gasteiger partial charge in [-0.2, -0.15) is 0 Å². The Hall–Kier alpha value is -3.08. The van der Waals surface area contributed by atoms with Crippen molar-refractivity contribution in [2.24, 2.45) is 0 Å². The fourth-order valence-electron chi connectivity index (χ4n) is 3.37. The van der Waals surface area contributed by atoms with E-state index < -0.39 is 0 Å². The van der Waals surface area contributed by atoms with Crippen molar-refractivity contribution in [1.82, 2.24) is 4.90 Å². The number of likely N-dealkylation sites (tertiary alicyclic amines) is 1. The number of methoxy groups -OCH3 is 1. The predicted octanol–water partition coefficient (Wildman–Crippen LogP) is 3.68.